The zero-order valence-corrected chi connectivity index (χ0v) is 17.1. The zero-order valence-electron chi connectivity index (χ0n) is 16.2. The number of rotatable bonds is 7. The number of fused-ring (bicyclic) bond motifs is 1. The van der Waals surface area contributed by atoms with Gasteiger partial charge < -0.3 is 25.8 Å². The van der Waals surface area contributed by atoms with E-state index in [0.29, 0.717) is 16.7 Å². The van der Waals surface area contributed by atoms with Crippen molar-refractivity contribution in [1.82, 2.24) is 24.2 Å². The second-order valence-electron chi connectivity index (χ2n) is 7.18. The first kappa shape index (κ1) is 21.4. The SMILES string of the molecule is Nc1ncnc2c1ncn2[C@@H]1O[C@H](CNS(=O)(=O)CCc2ccccc2O)[C@@H](O)[C@H]1O. The topological polar surface area (TPSA) is 186 Å². The molecule has 2 aromatic heterocycles. The smallest absolute Gasteiger partial charge is 0.212 e. The summed E-state index contributed by atoms with van der Waals surface area (Å²) in [6.45, 7) is -0.248. The molecule has 4 rings (SSSR count). The van der Waals surface area contributed by atoms with Crippen molar-refractivity contribution < 1.29 is 28.5 Å². The molecule has 0 spiro atoms. The minimum Gasteiger partial charge on any atom is -0.508 e. The van der Waals surface area contributed by atoms with E-state index in [1.165, 1.54) is 23.3 Å². The summed E-state index contributed by atoms with van der Waals surface area (Å²) in [5.41, 5.74) is 6.90. The zero-order chi connectivity index (χ0) is 22.2. The van der Waals surface area contributed by atoms with Crippen LogP contribution in [0.4, 0.5) is 5.82 Å². The molecule has 1 aliphatic rings. The normalized spacial score (nSPS) is 24.1. The number of phenolic OH excluding ortho intramolecular Hbond substituents is 1. The molecule has 1 saturated heterocycles. The highest BCUT2D eigenvalue weighted by atomic mass is 32.2. The van der Waals surface area contributed by atoms with E-state index in [1.807, 2.05) is 0 Å². The molecule has 0 aliphatic carbocycles. The van der Waals surface area contributed by atoms with Gasteiger partial charge in [-0.05, 0) is 18.1 Å². The van der Waals surface area contributed by atoms with Gasteiger partial charge in [0.15, 0.2) is 17.7 Å². The number of para-hydroxylation sites is 1. The Balaban J connectivity index is 1.41. The summed E-state index contributed by atoms with van der Waals surface area (Å²) in [5, 5.41) is 30.6. The molecule has 0 radical (unpaired) electrons. The largest absolute Gasteiger partial charge is 0.508 e. The van der Waals surface area contributed by atoms with Crippen LogP contribution >= 0.6 is 0 Å². The molecule has 0 saturated carbocycles. The average molecular weight is 450 g/mol. The summed E-state index contributed by atoms with van der Waals surface area (Å²) in [6.07, 6.45) is -2.02. The van der Waals surface area contributed by atoms with Crippen LogP contribution in [0.5, 0.6) is 5.75 Å². The van der Waals surface area contributed by atoms with Gasteiger partial charge in [0.2, 0.25) is 10.0 Å². The van der Waals surface area contributed by atoms with E-state index >= 15 is 0 Å². The predicted molar refractivity (Wildman–Crippen MR) is 109 cm³/mol. The number of aliphatic hydroxyl groups is 2. The Hall–Kier alpha value is -2.84. The van der Waals surface area contributed by atoms with Gasteiger partial charge in [-0.1, -0.05) is 18.2 Å². The van der Waals surface area contributed by atoms with Crippen LogP contribution in [0.1, 0.15) is 11.8 Å². The molecule has 166 valence electrons. The molecular formula is C18H22N6O6S. The molecule has 1 fully saturated rings. The first-order chi connectivity index (χ1) is 14.8. The lowest BCUT2D eigenvalue weighted by Crippen LogP contribution is -2.40. The molecule has 0 amide bonds. The molecule has 1 aliphatic heterocycles. The van der Waals surface area contributed by atoms with E-state index in [0.717, 1.165) is 0 Å². The number of hydrogen-bond acceptors (Lipinski definition) is 10. The maximum atomic E-state index is 12.3. The summed E-state index contributed by atoms with van der Waals surface area (Å²) in [4.78, 5) is 12.0. The number of aromatic hydroxyl groups is 1. The van der Waals surface area contributed by atoms with E-state index in [4.69, 9.17) is 10.5 Å². The van der Waals surface area contributed by atoms with Crippen LogP contribution < -0.4 is 10.5 Å². The number of nitrogen functional groups attached to an aromatic ring is 1. The first-order valence-corrected chi connectivity index (χ1v) is 11.1. The number of anilines is 1. The van der Waals surface area contributed by atoms with Gasteiger partial charge in [0.05, 0.1) is 12.1 Å². The molecule has 1 aromatic carbocycles. The van der Waals surface area contributed by atoms with Crippen LogP contribution in [0.25, 0.3) is 11.2 Å². The Kier molecular flexibility index (Phi) is 5.77. The lowest BCUT2D eigenvalue weighted by molar-refractivity contribution is -0.0330. The Morgan fingerprint density at radius 1 is 1.16 bits per heavy atom. The second-order valence-corrected chi connectivity index (χ2v) is 9.10. The molecule has 31 heavy (non-hydrogen) atoms. The molecule has 6 N–H and O–H groups in total. The van der Waals surface area contributed by atoms with Crippen LogP contribution in [0, 0.1) is 0 Å². The van der Waals surface area contributed by atoms with Gasteiger partial charge in [0.1, 0.15) is 35.9 Å². The molecule has 0 bridgehead atoms. The van der Waals surface area contributed by atoms with E-state index < -0.39 is 34.6 Å². The first-order valence-electron chi connectivity index (χ1n) is 9.45. The molecule has 3 aromatic rings. The maximum absolute atomic E-state index is 12.3. The number of hydrogen-bond donors (Lipinski definition) is 5. The van der Waals surface area contributed by atoms with Gasteiger partial charge in [-0.25, -0.2) is 28.1 Å². The van der Waals surface area contributed by atoms with Crippen molar-refractivity contribution in [3.8, 4) is 5.75 Å². The number of nitrogens with zero attached hydrogens (tertiary/aromatic N) is 4. The Labute approximate surface area is 177 Å². The summed E-state index contributed by atoms with van der Waals surface area (Å²) in [5.74, 6) is -0.0809. The highest BCUT2D eigenvalue weighted by Gasteiger charge is 2.44. The molecular weight excluding hydrogens is 428 g/mol. The molecule has 13 heteroatoms. The van der Waals surface area contributed by atoms with Gasteiger partial charge >= 0.3 is 0 Å². The summed E-state index contributed by atoms with van der Waals surface area (Å²) in [6, 6.07) is 6.48. The van der Waals surface area contributed by atoms with E-state index in [9.17, 15) is 23.7 Å². The van der Waals surface area contributed by atoms with Crippen molar-refractivity contribution >= 4 is 27.0 Å². The van der Waals surface area contributed by atoms with Crippen molar-refractivity contribution in [2.45, 2.75) is 31.0 Å². The van der Waals surface area contributed by atoms with Crippen LogP contribution in [-0.2, 0) is 21.2 Å². The monoisotopic (exact) mass is 450 g/mol. The van der Waals surface area contributed by atoms with Crippen molar-refractivity contribution in [2.24, 2.45) is 0 Å². The third kappa shape index (κ3) is 4.31. The van der Waals surface area contributed by atoms with Crippen LogP contribution in [0.15, 0.2) is 36.9 Å². The predicted octanol–water partition coefficient (Wildman–Crippen LogP) is -1.10. The fourth-order valence-electron chi connectivity index (χ4n) is 3.43. The Morgan fingerprint density at radius 2 is 1.94 bits per heavy atom. The van der Waals surface area contributed by atoms with Crippen molar-refractivity contribution in [3.05, 3.63) is 42.5 Å². The van der Waals surface area contributed by atoms with Crippen molar-refractivity contribution in [3.63, 3.8) is 0 Å². The standard InChI is InChI=1S/C18H22N6O6S/c19-16-13-17(21-8-20-16)24(9-22-13)18-15(27)14(26)12(30-18)7-23-31(28,29)6-5-10-3-1-2-4-11(10)25/h1-4,8-9,12,14-15,18,23,25-27H,5-7H2,(H2,19,20,21)/t12-,14-,15-,18-/m1/s1. The van der Waals surface area contributed by atoms with Crippen LogP contribution in [0.2, 0.25) is 0 Å². The molecule has 4 atom stereocenters. The molecule has 12 nitrogen and oxygen atoms in total. The number of phenols is 1. The van der Waals surface area contributed by atoms with E-state index in [1.54, 1.807) is 18.2 Å². The van der Waals surface area contributed by atoms with Crippen molar-refractivity contribution in [2.75, 3.05) is 18.0 Å². The lowest BCUT2D eigenvalue weighted by atomic mass is 10.1. The van der Waals surface area contributed by atoms with Crippen LogP contribution in [0.3, 0.4) is 0 Å². The van der Waals surface area contributed by atoms with Gasteiger partial charge in [-0.2, -0.15) is 0 Å². The second kappa shape index (κ2) is 8.36. The highest BCUT2D eigenvalue weighted by Crippen LogP contribution is 2.31. The summed E-state index contributed by atoms with van der Waals surface area (Å²) < 4.78 is 34.2. The number of nitrogens with two attached hydrogens (primary N) is 1. The molecule has 0 unspecified atom stereocenters. The molecule has 3 heterocycles. The van der Waals surface area contributed by atoms with E-state index in [-0.39, 0.29) is 30.3 Å². The van der Waals surface area contributed by atoms with Gasteiger partial charge in [0.25, 0.3) is 0 Å². The fraction of sp³-hybridized carbons (Fsp3) is 0.389. The Bertz CT molecular complexity index is 1190. The maximum Gasteiger partial charge on any atom is 0.212 e. The third-order valence-electron chi connectivity index (χ3n) is 5.13. The number of benzene rings is 1. The summed E-state index contributed by atoms with van der Waals surface area (Å²) >= 11 is 0. The number of nitrogens with one attached hydrogen (secondary N) is 1. The van der Waals surface area contributed by atoms with Crippen molar-refractivity contribution in [1.29, 1.82) is 0 Å². The fourth-order valence-corrected chi connectivity index (χ4v) is 4.48. The minimum atomic E-state index is -3.73. The number of aryl methyl sites for hydroxylation is 1. The lowest BCUT2D eigenvalue weighted by Gasteiger charge is -2.16. The number of aromatic nitrogens is 4. The third-order valence-corrected chi connectivity index (χ3v) is 6.48. The Morgan fingerprint density at radius 3 is 2.71 bits per heavy atom. The van der Waals surface area contributed by atoms with Gasteiger partial charge in [-0.15, -0.1) is 0 Å². The highest BCUT2D eigenvalue weighted by molar-refractivity contribution is 7.89. The number of aliphatic hydroxyl groups excluding tert-OH is 2. The van der Waals surface area contributed by atoms with Gasteiger partial charge in [-0.3, -0.25) is 4.57 Å². The minimum absolute atomic E-state index is 0.0233. The van der Waals surface area contributed by atoms with Crippen LogP contribution in [-0.4, -0.2) is 73.9 Å². The number of ether oxygens (including phenoxy) is 1. The average Bonchev–Trinajstić information content (AvgIpc) is 3.29. The van der Waals surface area contributed by atoms with E-state index in [2.05, 4.69) is 19.7 Å². The number of imidazole rings is 1. The summed E-state index contributed by atoms with van der Waals surface area (Å²) in [7, 11) is -3.73. The van der Waals surface area contributed by atoms with Gasteiger partial charge in [0, 0.05) is 6.54 Å². The quantitative estimate of drug-likeness (QED) is 0.296. The number of sulfonamides is 1.